The standard InChI is InChI=1S/C25H22N4O3/c30-24(26-13-12-20-10-6-14-32-20)17-29-25(31)23-15-19-9-4-5-11-22(19)28(23)16-21(27-29)18-7-2-1-3-8-18/h1-11,14-15H,12-13,16-17H2,(H,26,30). The highest BCUT2D eigenvalue weighted by Crippen LogP contribution is 2.24. The SMILES string of the molecule is O=C(CN1N=C(c2ccccc2)Cn2c(cc3ccccc32)C1=O)NCCc1ccco1. The van der Waals surface area contributed by atoms with Crippen molar-refractivity contribution < 1.29 is 14.0 Å². The average Bonchev–Trinajstić information content (AvgIpc) is 3.43. The van der Waals surface area contributed by atoms with Crippen LogP contribution in [0.3, 0.4) is 0 Å². The van der Waals surface area contributed by atoms with Gasteiger partial charge in [0.2, 0.25) is 5.91 Å². The summed E-state index contributed by atoms with van der Waals surface area (Å²) < 4.78 is 7.26. The lowest BCUT2D eigenvalue weighted by atomic mass is 10.1. The highest BCUT2D eigenvalue weighted by molar-refractivity contribution is 6.07. The summed E-state index contributed by atoms with van der Waals surface area (Å²) in [5.41, 5.74) is 3.12. The number of carbonyl (C=O) groups is 2. The molecule has 0 bridgehead atoms. The van der Waals surface area contributed by atoms with Crippen LogP contribution in [0.4, 0.5) is 0 Å². The maximum absolute atomic E-state index is 13.4. The first-order valence-corrected chi connectivity index (χ1v) is 10.5. The first kappa shape index (κ1) is 19.8. The first-order valence-electron chi connectivity index (χ1n) is 10.5. The molecule has 1 aliphatic heterocycles. The van der Waals surface area contributed by atoms with Crippen LogP contribution in [0.15, 0.2) is 88.6 Å². The number of carbonyl (C=O) groups excluding carboxylic acids is 2. The number of hydrogen-bond acceptors (Lipinski definition) is 4. The summed E-state index contributed by atoms with van der Waals surface area (Å²) in [5, 5.41) is 9.71. The molecule has 0 spiro atoms. The van der Waals surface area contributed by atoms with Crippen molar-refractivity contribution in [2.24, 2.45) is 5.10 Å². The lowest BCUT2D eigenvalue weighted by molar-refractivity contribution is -0.121. The average molecular weight is 426 g/mol. The zero-order valence-corrected chi connectivity index (χ0v) is 17.4. The number of para-hydroxylation sites is 1. The van der Waals surface area contributed by atoms with Gasteiger partial charge in [-0.2, -0.15) is 5.10 Å². The molecule has 0 fully saturated rings. The van der Waals surface area contributed by atoms with Crippen molar-refractivity contribution in [1.29, 1.82) is 0 Å². The predicted molar refractivity (Wildman–Crippen MR) is 121 cm³/mol. The van der Waals surface area contributed by atoms with Crippen LogP contribution in [-0.4, -0.2) is 40.2 Å². The number of nitrogens with one attached hydrogen (secondary N) is 1. The molecule has 0 saturated heterocycles. The molecule has 0 aliphatic carbocycles. The quantitative estimate of drug-likeness (QED) is 0.513. The van der Waals surface area contributed by atoms with Crippen molar-refractivity contribution in [3.63, 3.8) is 0 Å². The number of benzene rings is 2. The largest absolute Gasteiger partial charge is 0.469 e. The molecule has 2 aromatic heterocycles. The van der Waals surface area contributed by atoms with Crippen molar-refractivity contribution in [2.75, 3.05) is 13.1 Å². The second-order valence-corrected chi connectivity index (χ2v) is 7.63. The van der Waals surface area contributed by atoms with E-state index in [1.54, 1.807) is 6.26 Å². The van der Waals surface area contributed by atoms with Crippen molar-refractivity contribution in [3.05, 3.63) is 96.1 Å². The third-order valence-corrected chi connectivity index (χ3v) is 5.49. The molecule has 1 N–H and O–H groups in total. The maximum Gasteiger partial charge on any atom is 0.291 e. The molecular formula is C25H22N4O3. The van der Waals surface area contributed by atoms with Gasteiger partial charge in [-0.05, 0) is 29.8 Å². The molecule has 0 unspecified atom stereocenters. The van der Waals surface area contributed by atoms with Crippen molar-refractivity contribution >= 4 is 28.4 Å². The lowest BCUT2D eigenvalue weighted by Crippen LogP contribution is -2.38. The fourth-order valence-corrected chi connectivity index (χ4v) is 3.92. The second-order valence-electron chi connectivity index (χ2n) is 7.63. The van der Waals surface area contributed by atoms with E-state index in [0.29, 0.717) is 25.2 Å². The molecule has 0 saturated carbocycles. The summed E-state index contributed by atoms with van der Waals surface area (Å²) in [7, 11) is 0. The van der Waals surface area contributed by atoms with E-state index in [0.717, 1.165) is 27.9 Å². The smallest absolute Gasteiger partial charge is 0.291 e. The third-order valence-electron chi connectivity index (χ3n) is 5.49. The van der Waals surface area contributed by atoms with E-state index < -0.39 is 0 Å². The summed E-state index contributed by atoms with van der Waals surface area (Å²) >= 11 is 0. The highest BCUT2D eigenvalue weighted by Gasteiger charge is 2.27. The van der Waals surface area contributed by atoms with E-state index in [1.165, 1.54) is 5.01 Å². The predicted octanol–water partition coefficient (Wildman–Crippen LogP) is 3.45. The van der Waals surface area contributed by atoms with Crippen LogP contribution >= 0.6 is 0 Å². The van der Waals surface area contributed by atoms with Crippen LogP contribution in [0.2, 0.25) is 0 Å². The van der Waals surface area contributed by atoms with Crippen LogP contribution in [-0.2, 0) is 17.8 Å². The summed E-state index contributed by atoms with van der Waals surface area (Å²) in [6.07, 6.45) is 2.19. The van der Waals surface area contributed by atoms with E-state index >= 15 is 0 Å². The van der Waals surface area contributed by atoms with Crippen LogP contribution in [0, 0.1) is 0 Å². The van der Waals surface area contributed by atoms with E-state index in [9.17, 15) is 9.59 Å². The molecule has 4 aromatic rings. The lowest BCUT2D eigenvalue weighted by Gasteiger charge is -2.16. The zero-order valence-electron chi connectivity index (χ0n) is 17.4. The van der Waals surface area contributed by atoms with Crippen molar-refractivity contribution in [1.82, 2.24) is 14.9 Å². The number of nitrogens with zero attached hydrogens (tertiary/aromatic N) is 3. The van der Waals surface area contributed by atoms with Gasteiger partial charge in [-0.25, -0.2) is 5.01 Å². The molecule has 1 aliphatic rings. The van der Waals surface area contributed by atoms with Gasteiger partial charge in [-0.1, -0.05) is 48.5 Å². The van der Waals surface area contributed by atoms with E-state index in [-0.39, 0.29) is 18.4 Å². The second kappa shape index (κ2) is 8.55. The molecule has 7 nitrogen and oxygen atoms in total. The molecule has 2 aromatic carbocycles. The van der Waals surface area contributed by atoms with Crippen LogP contribution in [0.25, 0.3) is 10.9 Å². The maximum atomic E-state index is 13.4. The Morgan fingerprint density at radius 2 is 1.84 bits per heavy atom. The Balaban J connectivity index is 1.43. The number of rotatable bonds is 6. The van der Waals surface area contributed by atoms with Gasteiger partial charge in [0, 0.05) is 23.9 Å². The van der Waals surface area contributed by atoms with E-state index in [4.69, 9.17) is 4.42 Å². The Morgan fingerprint density at radius 1 is 1.03 bits per heavy atom. The van der Waals surface area contributed by atoms with Gasteiger partial charge >= 0.3 is 0 Å². The minimum absolute atomic E-state index is 0.158. The van der Waals surface area contributed by atoms with Gasteiger partial charge in [-0.15, -0.1) is 0 Å². The van der Waals surface area contributed by atoms with Crippen LogP contribution in [0.5, 0.6) is 0 Å². The highest BCUT2D eigenvalue weighted by atomic mass is 16.3. The Kier molecular flexibility index (Phi) is 5.29. The van der Waals surface area contributed by atoms with Gasteiger partial charge in [0.1, 0.15) is 18.0 Å². The number of furan rings is 1. The minimum Gasteiger partial charge on any atom is -0.469 e. The fraction of sp³-hybridized carbons (Fsp3) is 0.160. The van der Waals surface area contributed by atoms with Crippen molar-refractivity contribution in [2.45, 2.75) is 13.0 Å². The number of hydrazone groups is 1. The number of fused-ring (bicyclic) bond motifs is 3. The summed E-state index contributed by atoms with van der Waals surface area (Å²) in [5.74, 6) is 0.226. The molecule has 7 heteroatoms. The van der Waals surface area contributed by atoms with E-state index in [2.05, 4.69) is 10.4 Å². The Bertz CT molecular complexity index is 1290. The first-order chi connectivity index (χ1) is 15.7. The Morgan fingerprint density at radius 3 is 2.66 bits per heavy atom. The molecule has 2 amide bonds. The molecular weight excluding hydrogens is 404 g/mol. The Labute approximate surface area is 184 Å². The summed E-state index contributed by atoms with van der Waals surface area (Å²) in [4.78, 5) is 26.0. The topological polar surface area (TPSA) is 79.8 Å². The number of amides is 2. The van der Waals surface area contributed by atoms with Gasteiger partial charge < -0.3 is 14.3 Å². The van der Waals surface area contributed by atoms with Gasteiger partial charge in [0.15, 0.2) is 0 Å². The van der Waals surface area contributed by atoms with E-state index in [1.807, 2.05) is 77.4 Å². The zero-order chi connectivity index (χ0) is 21.9. The van der Waals surface area contributed by atoms with Gasteiger partial charge in [-0.3, -0.25) is 9.59 Å². The molecule has 0 atom stereocenters. The van der Waals surface area contributed by atoms with Gasteiger partial charge in [0.25, 0.3) is 5.91 Å². The Hall–Kier alpha value is -4.13. The molecule has 3 heterocycles. The molecule has 32 heavy (non-hydrogen) atoms. The summed E-state index contributed by atoms with van der Waals surface area (Å²) in [6, 6.07) is 23.1. The third kappa shape index (κ3) is 3.92. The molecule has 0 radical (unpaired) electrons. The van der Waals surface area contributed by atoms with Crippen LogP contribution < -0.4 is 5.32 Å². The number of hydrogen-bond donors (Lipinski definition) is 1. The van der Waals surface area contributed by atoms with Crippen molar-refractivity contribution in [3.8, 4) is 0 Å². The summed E-state index contributed by atoms with van der Waals surface area (Å²) in [6.45, 7) is 0.702. The van der Waals surface area contributed by atoms with Gasteiger partial charge in [0.05, 0.1) is 18.5 Å². The monoisotopic (exact) mass is 426 g/mol. The minimum atomic E-state index is -0.298. The molecule has 5 rings (SSSR count). The molecule has 160 valence electrons. The number of aromatic nitrogens is 1. The van der Waals surface area contributed by atoms with Crippen LogP contribution in [0.1, 0.15) is 21.8 Å². The fourth-order valence-electron chi connectivity index (χ4n) is 3.92. The normalized spacial score (nSPS) is 13.6.